The molecule has 96 valence electrons. The van der Waals surface area contributed by atoms with Crippen LogP contribution in [0.2, 0.25) is 0 Å². The lowest BCUT2D eigenvalue weighted by atomic mass is 10.1. The van der Waals surface area contributed by atoms with Crippen molar-refractivity contribution in [2.24, 2.45) is 5.84 Å². The Balaban J connectivity index is 3.18. The lowest BCUT2D eigenvalue weighted by molar-refractivity contribution is 0.619. The average Bonchev–Trinajstić information content (AvgIpc) is 2.38. The van der Waals surface area contributed by atoms with Gasteiger partial charge in [-0.2, -0.15) is 0 Å². The molecule has 0 aliphatic carbocycles. The lowest BCUT2D eigenvalue weighted by Gasteiger charge is -2.30. The highest BCUT2D eigenvalue weighted by molar-refractivity contribution is 5.58. The largest absolute Gasteiger partial charge is 0.354 e. The van der Waals surface area contributed by atoms with Gasteiger partial charge < -0.3 is 10.3 Å². The zero-order valence-corrected chi connectivity index (χ0v) is 11.2. The minimum atomic E-state index is 0.464. The average molecular weight is 237 g/mol. The molecule has 1 rings (SSSR count). The second kappa shape index (κ2) is 6.39. The maximum absolute atomic E-state index is 5.49. The van der Waals surface area contributed by atoms with Gasteiger partial charge in [-0.05, 0) is 26.7 Å². The molecule has 1 aromatic heterocycles. The fourth-order valence-electron chi connectivity index (χ4n) is 1.99. The molecule has 0 amide bonds. The lowest BCUT2D eigenvalue weighted by Crippen LogP contribution is -2.34. The van der Waals surface area contributed by atoms with Crippen molar-refractivity contribution in [1.82, 2.24) is 9.97 Å². The molecule has 0 aliphatic heterocycles. The van der Waals surface area contributed by atoms with Gasteiger partial charge in [0, 0.05) is 18.2 Å². The Hall–Kier alpha value is -1.36. The predicted octanol–water partition coefficient (Wildman–Crippen LogP) is 1.95. The smallest absolute Gasteiger partial charge is 0.148 e. The Morgan fingerprint density at radius 3 is 2.53 bits per heavy atom. The van der Waals surface area contributed by atoms with E-state index in [1.807, 2.05) is 0 Å². The zero-order valence-electron chi connectivity index (χ0n) is 11.2. The van der Waals surface area contributed by atoms with Crippen LogP contribution < -0.4 is 16.2 Å². The van der Waals surface area contributed by atoms with E-state index in [1.54, 1.807) is 6.33 Å². The summed E-state index contributed by atoms with van der Waals surface area (Å²) in [4.78, 5) is 10.9. The SMILES string of the molecule is CCc1c(NN)ncnc1N(CC)C(C)CC. The van der Waals surface area contributed by atoms with Gasteiger partial charge in [-0.25, -0.2) is 15.8 Å². The quantitative estimate of drug-likeness (QED) is 0.584. The molecule has 0 saturated heterocycles. The second-order valence-corrected chi connectivity index (χ2v) is 4.07. The van der Waals surface area contributed by atoms with Crippen molar-refractivity contribution < 1.29 is 0 Å². The first-order chi connectivity index (χ1) is 8.19. The fraction of sp³-hybridized carbons (Fsp3) is 0.667. The first kappa shape index (κ1) is 13.7. The highest BCUT2D eigenvalue weighted by Crippen LogP contribution is 2.25. The van der Waals surface area contributed by atoms with Gasteiger partial charge in [0.2, 0.25) is 0 Å². The van der Waals surface area contributed by atoms with Crippen molar-refractivity contribution in [2.75, 3.05) is 16.9 Å². The van der Waals surface area contributed by atoms with Crippen LogP contribution in [0.5, 0.6) is 0 Å². The standard InChI is InChI=1S/C12H23N5/c1-5-9(4)17(7-3)12-10(6-2)11(16-13)14-8-15-12/h8-9H,5-7,13H2,1-4H3,(H,14,15,16). The molecule has 5 heteroatoms. The van der Waals surface area contributed by atoms with E-state index in [4.69, 9.17) is 5.84 Å². The molecule has 1 atom stereocenters. The minimum Gasteiger partial charge on any atom is -0.354 e. The number of aromatic nitrogens is 2. The Labute approximate surface area is 103 Å². The molecular formula is C12H23N5. The van der Waals surface area contributed by atoms with Crippen molar-refractivity contribution >= 4 is 11.6 Å². The molecule has 5 nitrogen and oxygen atoms in total. The van der Waals surface area contributed by atoms with E-state index in [-0.39, 0.29) is 0 Å². The summed E-state index contributed by atoms with van der Waals surface area (Å²) in [5.41, 5.74) is 3.73. The molecule has 3 N–H and O–H groups in total. The van der Waals surface area contributed by atoms with E-state index < -0.39 is 0 Å². The summed E-state index contributed by atoms with van der Waals surface area (Å²) in [6.45, 7) is 9.56. The van der Waals surface area contributed by atoms with E-state index in [2.05, 4.69) is 48.0 Å². The maximum atomic E-state index is 5.49. The van der Waals surface area contributed by atoms with Crippen molar-refractivity contribution in [3.8, 4) is 0 Å². The molecule has 0 aliphatic rings. The maximum Gasteiger partial charge on any atom is 0.148 e. The Morgan fingerprint density at radius 1 is 1.35 bits per heavy atom. The monoisotopic (exact) mass is 237 g/mol. The van der Waals surface area contributed by atoms with E-state index in [1.165, 1.54) is 0 Å². The van der Waals surface area contributed by atoms with Crippen LogP contribution in [0.4, 0.5) is 11.6 Å². The molecule has 0 aromatic carbocycles. The molecule has 0 bridgehead atoms. The number of hydrogen-bond donors (Lipinski definition) is 2. The van der Waals surface area contributed by atoms with Gasteiger partial charge in [-0.1, -0.05) is 13.8 Å². The first-order valence-electron chi connectivity index (χ1n) is 6.26. The van der Waals surface area contributed by atoms with E-state index in [9.17, 15) is 0 Å². The van der Waals surface area contributed by atoms with Crippen LogP contribution in [-0.2, 0) is 6.42 Å². The van der Waals surface area contributed by atoms with Gasteiger partial charge in [-0.15, -0.1) is 0 Å². The molecule has 17 heavy (non-hydrogen) atoms. The summed E-state index contributed by atoms with van der Waals surface area (Å²) < 4.78 is 0. The van der Waals surface area contributed by atoms with Crippen molar-refractivity contribution in [3.63, 3.8) is 0 Å². The van der Waals surface area contributed by atoms with Crippen molar-refractivity contribution in [3.05, 3.63) is 11.9 Å². The van der Waals surface area contributed by atoms with E-state index in [0.717, 1.165) is 36.6 Å². The minimum absolute atomic E-state index is 0.464. The van der Waals surface area contributed by atoms with Gasteiger partial charge in [-0.3, -0.25) is 0 Å². The van der Waals surface area contributed by atoms with Crippen LogP contribution >= 0.6 is 0 Å². The number of nitrogen functional groups attached to an aromatic ring is 1. The number of hydrazine groups is 1. The van der Waals surface area contributed by atoms with Crippen LogP contribution in [0, 0.1) is 0 Å². The number of rotatable bonds is 6. The first-order valence-corrected chi connectivity index (χ1v) is 6.26. The van der Waals surface area contributed by atoms with Crippen LogP contribution in [0.3, 0.4) is 0 Å². The van der Waals surface area contributed by atoms with Crippen LogP contribution in [0.25, 0.3) is 0 Å². The molecule has 0 saturated carbocycles. The molecule has 0 spiro atoms. The molecule has 1 heterocycles. The summed E-state index contributed by atoms with van der Waals surface area (Å²) in [5, 5.41) is 0. The molecule has 1 aromatic rings. The van der Waals surface area contributed by atoms with Crippen molar-refractivity contribution in [2.45, 2.75) is 46.6 Å². The van der Waals surface area contributed by atoms with Crippen LogP contribution in [0.15, 0.2) is 6.33 Å². The van der Waals surface area contributed by atoms with Gasteiger partial charge in [0.05, 0.1) is 0 Å². The Bertz CT molecular complexity index is 353. The third kappa shape index (κ3) is 2.85. The number of nitrogens with one attached hydrogen (secondary N) is 1. The number of nitrogens with two attached hydrogens (primary N) is 1. The summed E-state index contributed by atoms with van der Waals surface area (Å²) in [5.74, 6) is 7.20. The summed E-state index contributed by atoms with van der Waals surface area (Å²) in [7, 11) is 0. The van der Waals surface area contributed by atoms with Gasteiger partial charge in [0.1, 0.15) is 18.0 Å². The zero-order chi connectivity index (χ0) is 12.8. The normalized spacial score (nSPS) is 12.3. The third-order valence-electron chi connectivity index (χ3n) is 3.15. The van der Waals surface area contributed by atoms with E-state index >= 15 is 0 Å². The summed E-state index contributed by atoms with van der Waals surface area (Å²) in [6, 6.07) is 0.464. The van der Waals surface area contributed by atoms with Crippen molar-refractivity contribution in [1.29, 1.82) is 0 Å². The third-order valence-corrected chi connectivity index (χ3v) is 3.15. The van der Waals surface area contributed by atoms with Gasteiger partial charge in [0.15, 0.2) is 0 Å². The van der Waals surface area contributed by atoms with Gasteiger partial charge >= 0.3 is 0 Å². The van der Waals surface area contributed by atoms with E-state index in [0.29, 0.717) is 6.04 Å². The second-order valence-electron chi connectivity index (χ2n) is 4.07. The van der Waals surface area contributed by atoms with Crippen LogP contribution in [0.1, 0.15) is 39.7 Å². The fourth-order valence-corrected chi connectivity index (χ4v) is 1.99. The predicted molar refractivity (Wildman–Crippen MR) is 72.0 cm³/mol. The highest BCUT2D eigenvalue weighted by Gasteiger charge is 2.18. The number of hydrogen-bond acceptors (Lipinski definition) is 5. The summed E-state index contributed by atoms with van der Waals surface area (Å²) >= 11 is 0. The Morgan fingerprint density at radius 2 is 2.06 bits per heavy atom. The summed E-state index contributed by atoms with van der Waals surface area (Å²) in [6.07, 6.45) is 3.52. The van der Waals surface area contributed by atoms with Crippen LogP contribution in [-0.4, -0.2) is 22.6 Å². The number of anilines is 2. The topological polar surface area (TPSA) is 67.1 Å². The van der Waals surface area contributed by atoms with Gasteiger partial charge in [0.25, 0.3) is 0 Å². The number of nitrogens with zero attached hydrogens (tertiary/aromatic N) is 3. The highest BCUT2D eigenvalue weighted by atomic mass is 15.3. The molecule has 1 unspecified atom stereocenters. The molecule has 0 radical (unpaired) electrons. The Kier molecular flexibility index (Phi) is 5.15. The molecule has 0 fully saturated rings. The molecular weight excluding hydrogens is 214 g/mol.